The molecule has 0 saturated carbocycles. The molecular weight excluding hydrogens is 435 g/mol. The molecule has 0 aliphatic carbocycles. The molecule has 2 aromatic carbocycles. The number of halogens is 2. The van der Waals surface area contributed by atoms with Gasteiger partial charge < -0.3 is 20.3 Å². The number of amides is 2. The summed E-state index contributed by atoms with van der Waals surface area (Å²) in [6, 6.07) is 12.3. The maximum absolute atomic E-state index is 13.4. The van der Waals surface area contributed by atoms with Gasteiger partial charge in [0.25, 0.3) is 0 Å². The minimum Gasteiger partial charge on any atom is -0.466 e. The van der Waals surface area contributed by atoms with Crippen molar-refractivity contribution >= 4 is 29.3 Å². The van der Waals surface area contributed by atoms with E-state index in [1.54, 1.807) is 12.1 Å². The highest BCUT2D eigenvalue weighted by molar-refractivity contribution is 6.30. The van der Waals surface area contributed by atoms with Crippen molar-refractivity contribution in [3.8, 4) is 0 Å². The number of carbonyl (C=O) groups excluding carboxylic acids is 2. The molecule has 2 heterocycles. The molecule has 2 amide bonds. The lowest BCUT2D eigenvalue weighted by atomic mass is 9.95. The van der Waals surface area contributed by atoms with E-state index in [4.69, 9.17) is 16.3 Å². The molecule has 1 saturated heterocycles. The van der Waals surface area contributed by atoms with E-state index in [0.717, 1.165) is 31.9 Å². The summed E-state index contributed by atoms with van der Waals surface area (Å²) in [5.74, 6) is -0.932. The first-order chi connectivity index (χ1) is 15.4. The van der Waals surface area contributed by atoms with E-state index in [0.29, 0.717) is 28.4 Å². The van der Waals surface area contributed by atoms with Crippen molar-refractivity contribution in [2.24, 2.45) is 0 Å². The summed E-state index contributed by atoms with van der Waals surface area (Å²) < 4.78 is 18.4. The van der Waals surface area contributed by atoms with Gasteiger partial charge in [0.2, 0.25) is 0 Å². The Kier molecular flexibility index (Phi) is 6.62. The van der Waals surface area contributed by atoms with Crippen LogP contribution in [0.2, 0.25) is 5.02 Å². The highest BCUT2D eigenvalue weighted by atomic mass is 35.5. The second-order valence-corrected chi connectivity index (χ2v) is 8.14. The van der Waals surface area contributed by atoms with Gasteiger partial charge in [0.15, 0.2) is 0 Å². The first-order valence-corrected chi connectivity index (χ1v) is 10.7. The van der Waals surface area contributed by atoms with Gasteiger partial charge in [-0.25, -0.2) is 14.0 Å². The summed E-state index contributed by atoms with van der Waals surface area (Å²) >= 11 is 5.98. The Morgan fingerprint density at radius 2 is 1.75 bits per heavy atom. The van der Waals surface area contributed by atoms with E-state index >= 15 is 0 Å². The van der Waals surface area contributed by atoms with Crippen molar-refractivity contribution in [2.75, 3.05) is 44.7 Å². The molecule has 7 nitrogen and oxygen atoms in total. The smallest absolute Gasteiger partial charge is 0.338 e. The number of rotatable bonds is 5. The fourth-order valence-electron chi connectivity index (χ4n) is 4.04. The molecule has 2 aromatic rings. The quantitative estimate of drug-likeness (QED) is 0.674. The van der Waals surface area contributed by atoms with Gasteiger partial charge in [-0.1, -0.05) is 23.7 Å². The summed E-state index contributed by atoms with van der Waals surface area (Å²) in [7, 11) is 1.30. The zero-order chi connectivity index (χ0) is 22.7. The first kappa shape index (κ1) is 22.1. The van der Waals surface area contributed by atoms with Crippen LogP contribution in [0.3, 0.4) is 0 Å². The molecule has 1 fully saturated rings. The van der Waals surface area contributed by atoms with Crippen LogP contribution < -0.4 is 15.5 Å². The van der Waals surface area contributed by atoms with Crippen LogP contribution >= 0.6 is 11.6 Å². The number of anilines is 1. The molecule has 2 aliphatic rings. The summed E-state index contributed by atoms with van der Waals surface area (Å²) in [4.78, 5) is 29.5. The first-order valence-electron chi connectivity index (χ1n) is 10.3. The average molecular weight is 459 g/mol. The van der Waals surface area contributed by atoms with Crippen molar-refractivity contribution in [3.05, 3.63) is 76.2 Å². The lowest BCUT2D eigenvalue weighted by molar-refractivity contribution is -0.136. The Morgan fingerprint density at radius 1 is 1.09 bits per heavy atom. The predicted molar refractivity (Wildman–Crippen MR) is 120 cm³/mol. The zero-order valence-corrected chi connectivity index (χ0v) is 18.4. The maximum atomic E-state index is 13.4. The van der Waals surface area contributed by atoms with Crippen molar-refractivity contribution < 1.29 is 18.7 Å². The number of nitrogens with zero attached hydrogens (tertiary/aromatic N) is 2. The third kappa shape index (κ3) is 4.87. The van der Waals surface area contributed by atoms with Crippen LogP contribution in [-0.4, -0.2) is 56.7 Å². The normalized spacial score (nSPS) is 19.4. The lowest BCUT2D eigenvalue weighted by Crippen LogP contribution is -2.51. The fourth-order valence-corrected chi connectivity index (χ4v) is 4.16. The molecule has 0 aromatic heterocycles. The van der Waals surface area contributed by atoms with E-state index in [9.17, 15) is 14.0 Å². The number of nitrogens with one attached hydrogen (secondary N) is 2. The monoisotopic (exact) mass is 458 g/mol. The number of esters is 1. The number of ether oxygens (including phenoxy) is 1. The molecule has 4 rings (SSSR count). The third-order valence-electron chi connectivity index (χ3n) is 5.71. The molecule has 1 atom stereocenters. The van der Waals surface area contributed by atoms with Crippen LogP contribution in [0.25, 0.3) is 0 Å². The lowest BCUT2D eigenvalue weighted by Gasteiger charge is -2.38. The molecular formula is C23H24ClFN4O3. The van der Waals surface area contributed by atoms with Crippen LogP contribution in [0.5, 0.6) is 0 Å². The van der Waals surface area contributed by atoms with Crippen LogP contribution in [-0.2, 0) is 9.53 Å². The summed E-state index contributed by atoms with van der Waals surface area (Å²) in [5.41, 5.74) is 2.52. The van der Waals surface area contributed by atoms with Crippen molar-refractivity contribution in [3.63, 3.8) is 0 Å². The molecule has 0 bridgehead atoms. The van der Waals surface area contributed by atoms with Crippen LogP contribution in [0.1, 0.15) is 11.6 Å². The molecule has 168 valence electrons. The Labute approximate surface area is 190 Å². The zero-order valence-electron chi connectivity index (χ0n) is 17.6. The molecule has 2 N–H and O–H groups in total. The Bertz CT molecular complexity index is 1020. The minimum absolute atomic E-state index is 0.318. The van der Waals surface area contributed by atoms with Crippen molar-refractivity contribution in [2.45, 2.75) is 6.04 Å². The van der Waals surface area contributed by atoms with Crippen LogP contribution in [0.4, 0.5) is 14.9 Å². The van der Waals surface area contributed by atoms with E-state index in [2.05, 4.69) is 20.4 Å². The number of methoxy groups -OCH3 is 1. The van der Waals surface area contributed by atoms with E-state index in [-0.39, 0.29) is 0 Å². The standard InChI is InChI=1S/C23H24ClFN4O3/c1-32-22(30)20-19(26-23(31)27-21(20)15-2-6-17(25)7-3-15)14-28-10-12-29(13-11-28)18-8-4-16(24)5-9-18/h2-9,21H,10-14H2,1H3,(H2,26,27,31)/t21-/m1/s1. The molecule has 2 aliphatic heterocycles. The topological polar surface area (TPSA) is 73.9 Å². The fraction of sp³-hybridized carbons (Fsp3) is 0.304. The Morgan fingerprint density at radius 3 is 2.38 bits per heavy atom. The maximum Gasteiger partial charge on any atom is 0.338 e. The van der Waals surface area contributed by atoms with Gasteiger partial charge >= 0.3 is 12.0 Å². The average Bonchev–Trinajstić information content (AvgIpc) is 2.80. The molecule has 32 heavy (non-hydrogen) atoms. The summed E-state index contributed by atoms with van der Waals surface area (Å²) in [6.07, 6.45) is 0. The highest BCUT2D eigenvalue weighted by Crippen LogP contribution is 2.28. The van der Waals surface area contributed by atoms with Gasteiger partial charge in [-0.15, -0.1) is 0 Å². The summed E-state index contributed by atoms with van der Waals surface area (Å²) in [6.45, 7) is 3.51. The van der Waals surface area contributed by atoms with Gasteiger partial charge in [0.1, 0.15) is 5.82 Å². The van der Waals surface area contributed by atoms with E-state index < -0.39 is 23.9 Å². The third-order valence-corrected chi connectivity index (χ3v) is 5.96. The van der Waals surface area contributed by atoms with E-state index in [1.165, 1.54) is 19.2 Å². The van der Waals surface area contributed by atoms with Crippen molar-refractivity contribution in [1.82, 2.24) is 15.5 Å². The SMILES string of the molecule is COC(=O)C1=C(CN2CCN(c3ccc(Cl)cc3)CC2)NC(=O)N[C@@H]1c1ccc(F)cc1. The molecule has 0 unspecified atom stereocenters. The number of urea groups is 1. The van der Waals surface area contributed by atoms with Crippen LogP contribution in [0.15, 0.2) is 59.8 Å². The largest absolute Gasteiger partial charge is 0.466 e. The predicted octanol–water partition coefficient (Wildman–Crippen LogP) is 3.08. The summed E-state index contributed by atoms with van der Waals surface area (Å²) in [5, 5.41) is 6.22. The van der Waals surface area contributed by atoms with E-state index in [1.807, 2.05) is 24.3 Å². The minimum atomic E-state index is -0.720. The van der Waals surface area contributed by atoms with Gasteiger partial charge in [-0.2, -0.15) is 0 Å². The number of benzene rings is 2. The number of carbonyl (C=O) groups is 2. The molecule has 0 radical (unpaired) electrons. The second kappa shape index (κ2) is 9.58. The molecule has 0 spiro atoms. The second-order valence-electron chi connectivity index (χ2n) is 7.71. The van der Waals surface area contributed by atoms with Gasteiger partial charge in [0.05, 0.1) is 18.7 Å². The molecule has 9 heteroatoms. The highest BCUT2D eigenvalue weighted by Gasteiger charge is 2.34. The van der Waals surface area contributed by atoms with Gasteiger partial charge in [-0.05, 0) is 42.0 Å². The number of piperazine rings is 1. The Hall–Kier alpha value is -3.10. The van der Waals surface area contributed by atoms with Crippen LogP contribution in [0, 0.1) is 5.82 Å². The number of hydrogen-bond acceptors (Lipinski definition) is 5. The number of hydrogen-bond donors (Lipinski definition) is 2. The Balaban J connectivity index is 1.53. The van der Waals surface area contributed by atoms with Crippen molar-refractivity contribution in [1.29, 1.82) is 0 Å². The van der Waals surface area contributed by atoms with Gasteiger partial charge in [0, 0.05) is 49.1 Å². The van der Waals surface area contributed by atoms with Gasteiger partial charge in [-0.3, -0.25) is 4.90 Å².